The van der Waals surface area contributed by atoms with Crippen molar-refractivity contribution in [3.63, 3.8) is 0 Å². The Labute approximate surface area is 139 Å². The summed E-state index contributed by atoms with van der Waals surface area (Å²) in [6.07, 6.45) is 1.80. The molecule has 23 heavy (non-hydrogen) atoms. The Bertz CT molecular complexity index is 552. The van der Waals surface area contributed by atoms with Crippen molar-refractivity contribution in [2.45, 2.75) is 57.7 Å². The van der Waals surface area contributed by atoms with E-state index in [1.54, 1.807) is 0 Å². The molecule has 0 unspecified atom stereocenters. The molecule has 3 fully saturated rings. The molecule has 1 aromatic rings. The number of fused-ring (bicyclic) bond motifs is 2. The molecule has 4 N–H and O–H groups in total. The molecular formula is C18H28BNO3. The van der Waals surface area contributed by atoms with Crippen LogP contribution in [0.4, 0.5) is 0 Å². The van der Waals surface area contributed by atoms with Crippen LogP contribution >= 0.6 is 0 Å². The number of hydrogen-bond acceptors (Lipinski definition) is 4. The summed E-state index contributed by atoms with van der Waals surface area (Å²) < 4.78 is 5.99. The molecule has 5 atom stereocenters. The first-order chi connectivity index (χ1) is 10.7. The van der Waals surface area contributed by atoms with Gasteiger partial charge in [0, 0.05) is 5.94 Å². The molecule has 3 saturated carbocycles. The van der Waals surface area contributed by atoms with Crippen molar-refractivity contribution in [3.05, 3.63) is 35.9 Å². The van der Waals surface area contributed by atoms with Crippen LogP contribution in [0, 0.1) is 17.3 Å². The van der Waals surface area contributed by atoms with Crippen molar-refractivity contribution < 1.29 is 14.8 Å². The lowest BCUT2D eigenvalue weighted by Crippen LogP contribution is -2.69. The van der Waals surface area contributed by atoms with Gasteiger partial charge in [0.25, 0.3) is 0 Å². The fourth-order valence-corrected chi connectivity index (χ4v) is 4.62. The van der Waals surface area contributed by atoms with Gasteiger partial charge < -0.3 is 20.5 Å². The molecule has 0 heterocycles. The third-order valence-electron chi connectivity index (χ3n) is 6.39. The molecule has 0 aromatic heterocycles. The van der Waals surface area contributed by atoms with Gasteiger partial charge in [-0.05, 0) is 49.0 Å². The van der Waals surface area contributed by atoms with E-state index >= 15 is 0 Å². The smallest absolute Gasteiger partial charge is 0.426 e. The van der Waals surface area contributed by atoms with Crippen LogP contribution in [0.3, 0.4) is 0 Å². The van der Waals surface area contributed by atoms with Crippen molar-refractivity contribution in [2.24, 2.45) is 23.0 Å². The van der Waals surface area contributed by atoms with Crippen LogP contribution in [0.2, 0.25) is 0 Å². The first kappa shape index (κ1) is 17.0. The Balaban J connectivity index is 1.67. The summed E-state index contributed by atoms with van der Waals surface area (Å²) in [6.45, 7) is 6.39. The van der Waals surface area contributed by atoms with E-state index in [0.29, 0.717) is 12.3 Å². The average Bonchev–Trinajstić information content (AvgIpc) is 2.50. The lowest BCUT2D eigenvalue weighted by Gasteiger charge is -2.66. The van der Waals surface area contributed by atoms with Crippen molar-refractivity contribution in [1.29, 1.82) is 0 Å². The molecule has 3 aliphatic rings. The Hall–Kier alpha value is -0.875. The number of benzene rings is 1. The highest BCUT2D eigenvalue weighted by atomic mass is 16.5. The van der Waals surface area contributed by atoms with E-state index in [9.17, 15) is 10.1 Å². The molecular weight excluding hydrogens is 289 g/mol. The summed E-state index contributed by atoms with van der Waals surface area (Å²) in [7, 11) is -1.08. The Morgan fingerprint density at radius 1 is 1.26 bits per heavy atom. The largest absolute Gasteiger partial charge is 0.472 e. The molecule has 0 amide bonds. The third-order valence-corrected chi connectivity index (χ3v) is 6.39. The van der Waals surface area contributed by atoms with Crippen LogP contribution in [0.15, 0.2) is 30.3 Å². The Morgan fingerprint density at radius 3 is 2.52 bits per heavy atom. The van der Waals surface area contributed by atoms with Crippen molar-refractivity contribution in [1.82, 2.24) is 0 Å². The van der Waals surface area contributed by atoms with E-state index in [4.69, 9.17) is 10.4 Å². The fraction of sp³-hybridized carbons (Fsp3) is 0.667. The Morgan fingerprint density at radius 2 is 1.91 bits per heavy atom. The molecule has 0 saturated heterocycles. The SMILES string of the molecule is CC1(C)[C@@H]2C[C@H]1[C@@](C)(OB(O)[C@H](N)Cc1ccccc1)[C@@H](O)C2. The first-order valence-electron chi connectivity index (χ1n) is 8.58. The fourth-order valence-electron chi connectivity index (χ4n) is 4.62. The zero-order chi connectivity index (χ0) is 16.8. The maximum Gasteiger partial charge on any atom is 0.472 e. The van der Waals surface area contributed by atoms with E-state index in [1.807, 2.05) is 37.3 Å². The first-order valence-corrected chi connectivity index (χ1v) is 8.58. The summed E-state index contributed by atoms with van der Waals surface area (Å²) in [5.74, 6) is 0.291. The second kappa shape index (κ2) is 5.89. The average molecular weight is 317 g/mol. The zero-order valence-electron chi connectivity index (χ0n) is 14.3. The maximum absolute atomic E-state index is 10.5. The van der Waals surface area contributed by atoms with E-state index in [0.717, 1.165) is 18.4 Å². The number of nitrogens with two attached hydrogens (primary N) is 1. The molecule has 0 aliphatic heterocycles. The number of hydrogen-bond donors (Lipinski definition) is 3. The van der Waals surface area contributed by atoms with Crippen LogP contribution in [-0.2, 0) is 11.1 Å². The van der Waals surface area contributed by atoms with Gasteiger partial charge in [0.1, 0.15) is 0 Å². The minimum Gasteiger partial charge on any atom is -0.426 e. The summed E-state index contributed by atoms with van der Waals surface area (Å²) in [4.78, 5) is 0. The summed E-state index contributed by atoms with van der Waals surface area (Å²) >= 11 is 0. The second-order valence-electron chi connectivity index (χ2n) is 8.10. The third kappa shape index (κ3) is 2.84. The van der Waals surface area contributed by atoms with Gasteiger partial charge in [-0.2, -0.15) is 0 Å². The van der Waals surface area contributed by atoms with Crippen LogP contribution in [0.1, 0.15) is 39.2 Å². The van der Waals surface area contributed by atoms with E-state index in [2.05, 4.69) is 13.8 Å². The quantitative estimate of drug-likeness (QED) is 0.724. The van der Waals surface area contributed by atoms with Gasteiger partial charge in [-0.15, -0.1) is 0 Å². The topological polar surface area (TPSA) is 75.7 Å². The lowest BCUT2D eigenvalue weighted by molar-refractivity contribution is -0.239. The van der Waals surface area contributed by atoms with E-state index < -0.39 is 24.8 Å². The molecule has 3 aliphatic carbocycles. The highest BCUT2D eigenvalue weighted by Crippen LogP contribution is 2.63. The summed E-state index contributed by atoms with van der Waals surface area (Å²) in [5, 5.41) is 21.0. The van der Waals surface area contributed by atoms with Crippen molar-refractivity contribution in [2.75, 3.05) is 0 Å². The minimum atomic E-state index is -1.08. The molecule has 4 rings (SSSR count). The molecule has 1 aromatic carbocycles. The van der Waals surface area contributed by atoms with Crippen LogP contribution < -0.4 is 5.73 Å². The van der Waals surface area contributed by atoms with Crippen molar-refractivity contribution >= 4 is 7.12 Å². The van der Waals surface area contributed by atoms with Gasteiger partial charge in [-0.25, -0.2) is 0 Å². The lowest BCUT2D eigenvalue weighted by atomic mass is 9.43. The molecule has 2 bridgehead atoms. The monoisotopic (exact) mass is 317 g/mol. The predicted molar refractivity (Wildman–Crippen MR) is 91.6 cm³/mol. The summed E-state index contributed by atoms with van der Waals surface area (Å²) in [5.41, 5.74) is 6.63. The van der Waals surface area contributed by atoms with Gasteiger partial charge in [-0.1, -0.05) is 44.2 Å². The maximum atomic E-state index is 10.5. The molecule has 4 nitrogen and oxygen atoms in total. The van der Waals surface area contributed by atoms with Crippen LogP contribution in [0.5, 0.6) is 0 Å². The van der Waals surface area contributed by atoms with Crippen molar-refractivity contribution in [3.8, 4) is 0 Å². The van der Waals surface area contributed by atoms with Crippen LogP contribution in [-0.4, -0.2) is 34.9 Å². The molecule has 0 spiro atoms. The standard InChI is InChI=1S/C18H28BNO3/c1-17(2)13-10-14(17)18(3,15(21)11-13)23-19(22)16(20)9-12-7-5-4-6-8-12/h4-8,13-16,21-22H,9-11,20H2,1-3H3/t13-,14-,15+,16-,18-/m1/s1. The highest BCUT2D eigenvalue weighted by Gasteiger charge is 2.64. The van der Waals surface area contributed by atoms with Gasteiger partial charge in [0.2, 0.25) is 0 Å². The number of aliphatic hydroxyl groups excluding tert-OH is 1. The molecule has 126 valence electrons. The predicted octanol–water partition coefficient (Wildman–Crippen LogP) is 1.78. The van der Waals surface area contributed by atoms with E-state index in [-0.39, 0.29) is 11.3 Å². The Kier molecular flexibility index (Phi) is 4.34. The number of aliphatic hydroxyl groups is 1. The number of rotatable bonds is 5. The molecule has 5 heteroatoms. The van der Waals surface area contributed by atoms with Gasteiger partial charge in [0.05, 0.1) is 11.7 Å². The second-order valence-corrected chi connectivity index (χ2v) is 8.10. The van der Waals surface area contributed by atoms with Gasteiger partial charge >= 0.3 is 7.12 Å². The molecule has 0 radical (unpaired) electrons. The normalized spacial score (nSPS) is 36.2. The van der Waals surface area contributed by atoms with Gasteiger partial charge in [0.15, 0.2) is 0 Å². The van der Waals surface area contributed by atoms with Gasteiger partial charge in [-0.3, -0.25) is 0 Å². The highest BCUT2D eigenvalue weighted by molar-refractivity contribution is 6.45. The summed E-state index contributed by atoms with van der Waals surface area (Å²) in [6, 6.07) is 9.85. The van der Waals surface area contributed by atoms with Crippen LogP contribution in [0.25, 0.3) is 0 Å². The van der Waals surface area contributed by atoms with E-state index in [1.165, 1.54) is 0 Å². The zero-order valence-corrected chi connectivity index (χ0v) is 14.3. The minimum absolute atomic E-state index is 0.150.